The minimum Gasteiger partial charge on any atom is -0.357 e. The topological polar surface area (TPSA) is 69.8 Å². The molecule has 1 unspecified atom stereocenters. The van der Waals surface area contributed by atoms with Gasteiger partial charge in [0.25, 0.3) is 0 Å². The van der Waals surface area contributed by atoms with E-state index in [1.165, 1.54) is 6.42 Å². The maximum Gasteiger partial charge on any atom is 0.228 e. The van der Waals surface area contributed by atoms with Gasteiger partial charge in [-0.3, -0.25) is 4.99 Å². The first-order chi connectivity index (χ1) is 14.6. The average Bonchev–Trinajstić information content (AvgIpc) is 3.41. The lowest BCUT2D eigenvalue weighted by molar-refractivity contribution is 0.255. The Bertz CT molecular complexity index is 826. The Balaban J connectivity index is 0.00000341. The molecule has 172 valence electrons. The van der Waals surface area contributed by atoms with E-state index in [2.05, 4.69) is 46.0 Å². The molecule has 9 heteroatoms. The van der Waals surface area contributed by atoms with Gasteiger partial charge in [0.1, 0.15) is 0 Å². The maximum absolute atomic E-state index is 6.05. The molecule has 1 aromatic carbocycles. The van der Waals surface area contributed by atoms with Crippen LogP contribution < -0.4 is 5.32 Å². The van der Waals surface area contributed by atoms with Crippen LogP contribution in [0.3, 0.4) is 0 Å². The molecule has 0 aliphatic carbocycles. The fourth-order valence-electron chi connectivity index (χ4n) is 3.81. The standard InChI is InChI=1S/C22H33ClN6O.HI/c1-4-24-22(29-13-11-17(16-29)15-28(5-2)6-3)25-12-10-20-26-21(27-30-20)18-8-7-9-19(23)14-18;/h7-9,14,17H,4-6,10-13,15-16H2,1-3H3,(H,24,25);1H. The Morgan fingerprint density at radius 1 is 1.32 bits per heavy atom. The molecular formula is C22H34ClIN6O. The van der Waals surface area contributed by atoms with Crippen molar-refractivity contribution in [3.05, 3.63) is 35.2 Å². The second kappa shape index (κ2) is 13.2. The molecule has 1 fully saturated rings. The van der Waals surface area contributed by atoms with Gasteiger partial charge in [-0.25, -0.2) is 0 Å². The molecule has 1 aliphatic rings. The van der Waals surface area contributed by atoms with Gasteiger partial charge in [0.2, 0.25) is 11.7 Å². The molecule has 31 heavy (non-hydrogen) atoms. The monoisotopic (exact) mass is 560 g/mol. The fraction of sp³-hybridized carbons (Fsp3) is 0.591. The van der Waals surface area contributed by atoms with E-state index in [4.69, 9.17) is 21.1 Å². The molecule has 1 saturated heterocycles. The van der Waals surface area contributed by atoms with Crippen LogP contribution >= 0.6 is 35.6 Å². The van der Waals surface area contributed by atoms with Gasteiger partial charge >= 0.3 is 0 Å². The quantitative estimate of drug-likeness (QED) is 0.282. The third-order valence-electron chi connectivity index (χ3n) is 5.47. The molecule has 0 bridgehead atoms. The molecule has 0 amide bonds. The lowest BCUT2D eigenvalue weighted by Gasteiger charge is -2.24. The number of guanidine groups is 1. The summed E-state index contributed by atoms with van der Waals surface area (Å²) in [7, 11) is 0. The van der Waals surface area contributed by atoms with E-state index in [0.717, 1.165) is 50.8 Å². The minimum atomic E-state index is 0. The van der Waals surface area contributed by atoms with E-state index >= 15 is 0 Å². The highest BCUT2D eigenvalue weighted by molar-refractivity contribution is 14.0. The Morgan fingerprint density at radius 3 is 2.84 bits per heavy atom. The van der Waals surface area contributed by atoms with Crippen LogP contribution in [0.1, 0.15) is 33.1 Å². The molecule has 0 radical (unpaired) electrons. The van der Waals surface area contributed by atoms with Crippen LogP contribution in [0.25, 0.3) is 11.4 Å². The van der Waals surface area contributed by atoms with Crippen molar-refractivity contribution >= 4 is 41.5 Å². The summed E-state index contributed by atoms with van der Waals surface area (Å²) < 4.78 is 5.40. The molecule has 7 nitrogen and oxygen atoms in total. The molecule has 1 atom stereocenters. The van der Waals surface area contributed by atoms with Crippen LogP contribution in [-0.2, 0) is 6.42 Å². The van der Waals surface area contributed by atoms with Crippen molar-refractivity contribution in [3.63, 3.8) is 0 Å². The summed E-state index contributed by atoms with van der Waals surface area (Å²) in [6.45, 7) is 13.5. The molecule has 1 aromatic heterocycles. The Labute approximate surface area is 207 Å². The van der Waals surface area contributed by atoms with Gasteiger partial charge in [0.05, 0.1) is 6.54 Å². The van der Waals surface area contributed by atoms with Crippen molar-refractivity contribution in [2.75, 3.05) is 45.8 Å². The molecule has 1 aliphatic heterocycles. The third kappa shape index (κ3) is 7.61. The highest BCUT2D eigenvalue weighted by Gasteiger charge is 2.25. The van der Waals surface area contributed by atoms with Crippen LogP contribution in [-0.4, -0.2) is 71.7 Å². The van der Waals surface area contributed by atoms with E-state index in [1.807, 2.05) is 24.3 Å². The summed E-state index contributed by atoms with van der Waals surface area (Å²) in [5, 5.41) is 8.16. The van der Waals surface area contributed by atoms with Gasteiger partial charge in [-0.15, -0.1) is 24.0 Å². The lowest BCUT2D eigenvalue weighted by Crippen LogP contribution is -2.41. The van der Waals surface area contributed by atoms with Crippen LogP contribution in [0.2, 0.25) is 5.02 Å². The molecular weight excluding hydrogens is 527 g/mol. The van der Waals surface area contributed by atoms with Crippen molar-refractivity contribution in [1.82, 2.24) is 25.3 Å². The van der Waals surface area contributed by atoms with E-state index < -0.39 is 0 Å². The van der Waals surface area contributed by atoms with Gasteiger partial charge < -0.3 is 19.6 Å². The highest BCUT2D eigenvalue weighted by Crippen LogP contribution is 2.20. The van der Waals surface area contributed by atoms with Gasteiger partial charge in [-0.05, 0) is 44.5 Å². The summed E-state index contributed by atoms with van der Waals surface area (Å²) in [4.78, 5) is 14.2. The first kappa shape index (κ1) is 25.9. The predicted molar refractivity (Wildman–Crippen MR) is 137 cm³/mol. The van der Waals surface area contributed by atoms with E-state index in [0.29, 0.717) is 35.6 Å². The second-order valence-corrected chi connectivity index (χ2v) is 8.03. The van der Waals surface area contributed by atoms with E-state index in [9.17, 15) is 0 Å². The summed E-state index contributed by atoms with van der Waals surface area (Å²) >= 11 is 6.05. The van der Waals surface area contributed by atoms with Crippen molar-refractivity contribution < 1.29 is 4.52 Å². The van der Waals surface area contributed by atoms with Crippen molar-refractivity contribution in [2.45, 2.75) is 33.6 Å². The van der Waals surface area contributed by atoms with E-state index in [1.54, 1.807) is 0 Å². The molecule has 3 rings (SSSR count). The number of rotatable bonds is 9. The number of likely N-dealkylation sites (tertiary alicyclic amines) is 1. The molecule has 0 spiro atoms. The second-order valence-electron chi connectivity index (χ2n) is 7.59. The first-order valence-electron chi connectivity index (χ1n) is 11.0. The zero-order valence-corrected chi connectivity index (χ0v) is 21.8. The number of hydrogen-bond acceptors (Lipinski definition) is 5. The van der Waals surface area contributed by atoms with Crippen molar-refractivity contribution in [2.24, 2.45) is 10.9 Å². The Kier molecular flexibility index (Phi) is 11.0. The SMILES string of the molecule is CCNC(=NCCc1nc(-c2cccc(Cl)c2)no1)N1CCC(CN(CC)CC)C1.I. The predicted octanol–water partition coefficient (Wildman–Crippen LogP) is 4.18. The smallest absolute Gasteiger partial charge is 0.228 e. The van der Waals surface area contributed by atoms with Crippen LogP contribution in [0.15, 0.2) is 33.8 Å². The van der Waals surface area contributed by atoms with Crippen LogP contribution in [0.4, 0.5) is 0 Å². The number of benzene rings is 1. The number of aromatic nitrogens is 2. The van der Waals surface area contributed by atoms with Crippen molar-refractivity contribution in [3.8, 4) is 11.4 Å². The zero-order chi connectivity index (χ0) is 21.3. The largest absolute Gasteiger partial charge is 0.357 e. The van der Waals surface area contributed by atoms with E-state index in [-0.39, 0.29) is 24.0 Å². The minimum absolute atomic E-state index is 0. The highest BCUT2D eigenvalue weighted by atomic mass is 127. The number of nitrogens with zero attached hydrogens (tertiary/aromatic N) is 5. The summed E-state index contributed by atoms with van der Waals surface area (Å²) in [6, 6.07) is 7.46. The van der Waals surface area contributed by atoms with Gasteiger partial charge in [0.15, 0.2) is 5.96 Å². The fourth-order valence-corrected chi connectivity index (χ4v) is 4.00. The van der Waals surface area contributed by atoms with Gasteiger partial charge in [-0.2, -0.15) is 4.98 Å². The summed E-state index contributed by atoms with van der Waals surface area (Å²) in [5.74, 6) is 2.83. The Hall–Kier alpha value is -1.39. The van der Waals surface area contributed by atoms with Crippen LogP contribution in [0, 0.1) is 5.92 Å². The van der Waals surface area contributed by atoms with Gasteiger partial charge in [-0.1, -0.05) is 42.7 Å². The average molecular weight is 561 g/mol. The molecule has 2 aromatic rings. The number of nitrogens with one attached hydrogen (secondary N) is 1. The molecule has 1 N–H and O–H groups in total. The molecule has 2 heterocycles. The Morgan fingerprint density at radius 2 is 2.13 bits per heavy atom. The number of aliphatic imine (C=N–C) groups is 1. The van der Waals surface area contributed by atoms with Crippen molar-refractivity contribution in [1.29, 1.82) is 0 Å². The number of hydrogen-bond donors (Lipinski definition) is 1. The zero-order valence-electron chi connectivity index (χ0n) is 18.7. The van der Waals surface area contributed by atoms with Crippen LogP contribution in [0.5, 0.6) is 0 Å². The first-order valence-corrected chi connectivity index (χ1v) is 11.3. The normalized spacial score (nSPS) is 16.6. The lowest BCUT2D eigenvalue weighted by atomic mass is 10.1. The summed E-state index contributed by atoms with van der Waals surface area (Å²) in [6.07, 6.45) is 1.83. The van der Waals surface area contributed by atoms with Gasteiger partial charge in [0, 0.05) is 43.2 Å². The number of halogens is 2. The molecule has 0 saturated carbocycles. The third-order valence-corrected chi connectivity index (χ3v) is 5.70. The summed E-state index contributed by atoms with van der Waals surface area (Å²) in [5.41, 5.74) is 0.852. The maximum atomic E-state index is 6.05.